The average Bonchev–Trinajstić information content (AvgIpc) is 3.82. The fraction of sp³-hybridized carbons (Fsp3) is 0.0189. The lowest BCUT2D eigenvalue weighted by atomic mass is 9.92. The second kappa shape index (κ2) is 14.4. The average molecular weight is 805 g/mol. The summed E-state index contributed by atoms with van der Waals surface area (Å²) in [6.07, 6.45) is -4.89. The van der Waals surface area contributed by atoms with E-state index in [0.29, 0.717) is 55.4 Å². The summed E-state index contributed by atoms with van der Waals surface area (Å²) in [6.45, 7) is 8.29. The predicted molar refractivity (Wildman–Crippen MR) is 237 cm³/mol. The molecular formula is C53H27F3N6. The lowest BCUT2D eigenvalue weighted by Crippen LogP contribution is -2.11. The van der Waals surface area contributed by atoms with Crippen molar-refractivity contribution in [2.45, 2.75) is 6.18 Å². The van der Waals surface area contributed by atoms with Crippen LogP contribution in [0.25, 0.3) is 93.2 Å². The zero-order valence-electron chi connectivity index (χ0n) is 32.4. The monoisotopic (exact) mass is 804 g/mol. The molecule has 2 heterocycles. The zero-order chi connectivity index (χ0) is 42.7. The number of fused-ring (bicyclic) bond motifs is 6. The van der Waals surface area contributed by atoms with Crippen molar-refractivity contribution < 1.29 is 13.2 Å². The molecule has 0 saturated carbocycles. The van der Waals surface area contributed by atoms with Crippen LogP contribution in [0.1, 0.15) is 22.3 Å². The molecule has 0 aliphatic heterocycles. The summed E-state index contributed by atoms with van der Waals surface area (Å²) in [5, 5.41) is 34.2. The first-order valence-corrected chi connectivity index (χ1v) is 19.5. The van der Waals surface area contributed by atoms with E-state index in [-0.39, 0.29) is 33.8 Å². The molecule has 0 radical (unpaired) electrons. The highest BCUT2D eigenvalue weighted by atomic mass is 19.4. The van der Waals surface area contributed by atoms with Crippen LogP contribution in [0.2, 0.25) is 0 Å². The van der Waals surface area contributed by atoms with Gasteiger partial charge in [0.2, 0.25) is 0 Å². The highest BCUT2D eigenvalue weighted by Gasteiger charge is 2.37. The van der Waals surface area contributed by atoms with E-state index in [4.69, 9.17) is 6.57 Å². The highest BCUT2D eigenvalue weighted by molar-refractivity contribution is 6.13. The molecule has 8 aromatic carbocycles. The Bertz CT molecular complexity index is 3500. The smallest absolute Gasteiger partial charge is 0.309 e. The SMILES string of the molecule is [C-]#[N+]c1cccc(C(F)(F)F)c1-c1c(-n2c3ccccc3c3ccc(-c4ccccc4C#N)cc32)cc(C#N)cc1-n1c2ccccc2c2ccc(-c3ccccc3C#N)cc21. The fourth-order valence-corrected chi connectivity index (χ4v) is 8.88. The third-order valence-electron chi connectivity index (χ3n) is 11.5. The van der Waals surface area contributed by atoms with Gasteiger partial charge in [0.15, 0.2) is 5.69 Å². The number of halogens is 3. The Labute approximate surface area is 352 Å². The minimum atomic E-state index is -4.89. The van der Waals surface area contributed by atoms with E-state index in [9.17, 15) is 15.8 Å². The number of nitrogens with zero attached hydrogens (tertiary/aromatic N) is 6. The van der Waals surface area contributed by atoms with E-state index >= 15 is 13.2 Å². The van der Waals surface area contributed by atoms with Crippen LogP contribution >= 0.6 is 0 Å². The largest absolute Gasteiger partial charge is 0.415 e. The maximum absolute atomic E-state index is 15.6. The summed E-state index contributed by atoms with van der Waals surface area (Å²) < 4.78 is 50.4. The summed E-state index contributed by atoms with van der Waals surface area (Å²) in [5.41, 5.74) is 5.40. The minimum absolute atomic E-state index is 0.0823. The van der Waals surface area contributed by atoms with Crippen LogP contribution in [-0.4, -0.2) is 9.13 Å². The molecule has 10 aromatic rings. The lowest BCUT2D eigenvalue weighted by Gasteiger charge is -2.24. The third kappa shape index (κ3) is 5.77. The molecule has 0 saturated heterocycles. The summed E-state index contributed by atoms with van der Waals surface area (Å²) in [6, 6.07) is 54.7. The van der Waals surface area contributed by atoms with Crippen LogP contribution in [0.4, 0.5) is 18.9 Å². The van der Waals surface area contributed by atoms with Gasteiger partial charge in [0.25, 0.3) is 0 Å². The number of hydrogen-bond acceptors (Lipinski definition) is 3. The normalized spacial score (nSPS) is 11.4. The number of benzene rings is 8. The molecule has 10 rings (SSSR count). The molecule has 0 atom stereocenters. The number of para-hydroxylation sites is 2. The molecule has 0 N–H and O–H groups in total. The first kappa shape index (κ1) is 37.4. The van der Waals surface area contributed by atoms with E-state index in [0.717, 1.165) is 27.6 Å². The first-order chi connectivity index (χ1) is 30.2. The Kier molecular flexibility index (Phi) is 8.70. The van der Waals surface area contributed by atoms with Crippen molar-refractivity contribution in [1.29, 1.82) is 15.8 Å². The number of rotatable bonds is 5. The fourth-order valence-electron chi connectivity index (χ4n) is 8.88. The Hall–Kier alpha value is -8.89. The highest BCUT2D eigenvalue weighted by Crippen LogP contribution is 2.50. The molecule has 0 spiro atoms. The second-order valence-corrected chi connectivity index (χ2v) is 14.8. The molecule has 2 aromatic heterocycles. The maximum Gasteiger partial charge on any atom is 0.415 e. The van der Waals surface area contributed by atoms with Gasteiger partial charge in [-0.05, 0) is 70.8 Å². The molecular weight excluding hydrogens is 778 g/mol. The minimum Gasteiger partial charge on any atom is -0.309 e. The number of aromatic nitrogens is 2. The van der Waals surface area contributed by atoms with E-state index in [2.05, 4.69) is 23.1 Å². The topological polar surface area (TPSA) is 85.6 Å². The predicted octanol–water partition coefficient (Wildman–Crippen LogP) is 14.1. The first-order valence-electron chi connectivity index (χ1n) is 19.5. The molecule has 0 aliphatic carbocycles. The van der Waals surface area contributed by atoms with Crippen molar-refractivity contribution in [3.63, 3.8) is 0 Å². The summed E-state index contributed by atoms with van der Waals surface area (Å²) in [4.78, 5) is 3.71. The van der Waals surface area contributed by atoms with Gasteiger partial charge in [-0.2, -0.15) is 29.0 Å². The van der Waals surface area contributed by atoms with Gasteiger partial charge in [-0.15, -0.1) is 0 Å². The van der Waals surface area contributed by atoms with Gasteiger partial charge < -0.3 is 9.13 Å². The van der Waals surface area contributed by atoms with E-state index < -0.39 is 11.7 Å². The Morgan fingerprint density at radius 1 is 0.468 bits per heavy atom. The van der Waals surface area contributed by atoms with Gasteiger partial charge in [-0.1, -0.05) is 115 Å². The molecule has 290 valence electrons. The molecule has 6 nitrogen and oxygen atoms in total. The van der Waals surface area contributed by atoms with Crippen molar-refractivity contribution in [3.8, 4) is 63.0 Å². The third-order valence-corrected chi connectivity index (χ3v) is 11.5. The zero-order valence-corrected chi connectivity index (χ0v) is 32.4. The van der Waals surface area contributed by atoms with Crippen molar-refractivity contribution in [1.82, 2.24) is 9.13 Å². The van der Waals surface area contributed by atoms with Gasteiger partial charge >= 0.3 is 6.18 Å². The number of nitriles is 3. The molecule has 0 amide bonds. The Morgan fingerprint density at radius 3 is 1.40 bits per heavy atom. The molecule has 0 aliphatic rings. The van der Waals surface area contributed by atoms with Crippen LogP contribution < -0.4 is 0 Å². The van der Waals surface area contributed by atoms with Crippen LogP contribution in [0, 0.1) is 40.6 Å². The Balaban J connectivity index is 1.43. The lowest BCUT2D eigenvalue weighted by molar-refractivity contribution is -0.137. The number of hydrogen-bond donors (Lipinski definition) is 0. The van der Waals surface area contributed by atoms with Crippen LogP contribution in [0.3, 0.4) is 0 Å². The van der Waals surface area contributed by atoms with Crippen molar-refractivity contribution in [2.24, 2.45) is 0 Å². The van der Waals surface area contributed by atoms with Crippen molar-refractivity contribution >= 4 is 49.3 Å². The molecule has 9 heteroatoms. The summed E-state index contributed by atoms with van der Waals surface area (Å²) in [5.74, 6) is 0. The quantitative estimate of drug-likeness (QED) is 0.162. The molecule has 62 heavy (non-hydrogen) atoms. The van der Waals surface area contributed by atoms with E-state index in [1.54, 1.807) is 36.4 Å². The van der Waals surface area contributed by atoms with E-state index in [1.807, 2.05) is 118 Å². The summed E-state index contributed by atoms with van der Waals surface area (Å²) in [7, 11) is 0. The van der Waals surface area contributed by atoms with Gasteiger partial charge in [-0.3, -0.25) is 0 Å². The van der Waals surface area contributed by atoms with Crippen molar-refractivity contribution in [2.75, 3.05) is 0 Å². The Morgan fingerprint density at radius 2 is 0.935 bits per heavy atom. The van der Waals surface area contributed by atoms with E-state index in [1.165, 1.54) is 12.1 Å². The number of alkyl halides is 3. The van der Waals surface area contributed by atoms with Gasteiger partial charge in [-0.25, -0.2) is 4.85 Å². The maximum atomic E-state index is 15.6. The van der Waals surface area contributed by atoms with Crippen LogP contribution in [0.5, 0.6) is 0 Å². The second-order valence-electron chi connectivity index (χ2n) is 14.8. The van der Waals surface area contributed by atoms with Crippen LogP contribution in [0.15, 0.2) is 164 Å². The van der Waals surface area contributed by atoms with Gasteiger partial charge in [0.05, 0.1) is 80.5 Å². The van der Waals surface area contributed by atoms with Crippen molar-refractivity contribution in [3.05, 3.63) is 197 Å². The van der Waals surface area contributed by atoms with Gasteiger partial charge in [0.1, 0.15) is 0 Å². The standard InChI is InChI=1S/C53H27F3N6/c1-60-44-18-10-17-43(53(54,55)56)51(44)52-49(61-45-19-8-6-15-39(45)41-23-21-33(27-47(41)61)37-13-4-2-11-35(37)30-58)25-32(29-57)26-50(52)62-46-20-9-7-16-40(46)42-24-22-34(28-48(42)62)38-14-5-3-12-36(38)31-59/h2-28H. The van der Waals surface area contributed by atoms with Gasteiger partial charge in [0, 0.05) is 32.7 Å². The molecule has 0 fully saturated rings. The van der Waals surface area contributed by atoms with Crippen LogP contribution in [-0.2, 0) is 6.18 Å². The molecule has 0 unspecified atom stereocenters. The summed E-state index contributed by atoms with van der Waals surface area (Å²) >= 11 is 0. The molecule has 0 bridgehead atoms.